The van der Waals surface area contributed by atoms with E-state index >= 15 is 0 Å². The Hall–Kier alpha value is -5.24. The minimum absolute atomic E-state index is 0.220. The summed E-state index contributed by atoms with van der Waals surface area (Å²) >= 11 is 0. The average Bonchev–Trinajstić information content (AvgIpc) is 3.48. The van der Waals surface area contributed by atoms with E-state index in [0.29, 0.717) is 0 Å². The van der Waals surface area contributed by atoms with Crippen LogP contribution in [0.4, 0.5) is 0 Å². The summed E-state index contributed by atoms with van der Waals surface area (Å²) in [7, 11) is 3.75. The lowest BCUT2D eigenvalue weighted by molar-refractivity contribution is -0.596. The fourth-order valence-corrected chi connectivity index (χ4v) is 5.09. The van der Waals surface area contributed by atoms with Crippen LogP contribution in [0.5, 0.6) is 11.5 Å². The maximum atomic E-state index is 10.5. The lowest BCUT2D eigenvalue weighted by atomic mass is 10.1. The molecule has 0 aliphatic carbocycles. The maximum absolute atomic E-state index is 10.5. The summed E-state index contributed by atoms with van der Waals surface area (Å²) in [4.78, 5) is 0. The molecular formula is C32H30N6O2+2. The highest BCUT2D eigenvalue weighted by atomic mass is 16.3. The third kappa shape index (κ3) is 4.60. The number of aryl methyl sites for hydroxylation is 4. The van der Waals surface area contributed by atoms with E-state index in [-0.39, 0.29) is 11.5 Å². The Morgan fingerprint density at radius 2 is 0.925 bits per heavy atom. The molecule has 0 saturated heterocycles. The Morgan fingerprint density at radius 1 is 0.550 bits per heavy atom. The number of hydrogen-bond donors (Lipinski definition) is 2. The first-order valence-corrected chi connectivity index (χ1v) is 13.0. The number of aromatic nitrogens is 6. The lowest BCUT2D eigenvalue weighted by Gasteiger charge is -2.07. The van der Waals surface area contributed by atoms with Gasteiger partial charge in [-0.05, 0) is 49.2 Å². The second kappa shape index (κ2) is 9.81. The molecule has 6 aromatic rings. The monoisotopic (exact) mass is 530 g/mol. The van der Waals surface area contributed by atoms with Gasteiger partial charge in [-0.1, -0.05) is 0 Å². The summed E-state index contributed by atoms with van der Waals surface area (Å²) in [5.74, 6) is 0.440. The standard InChI is InChI=1S/C32H28N6O2/c1-21-17-29(35(3)33-21)27-19-25(5-7-31(27)39)37-13-9-23(10-14-37)24-11-15-38(16-12-24)26-6-8-32(40)28(20-26)30-18-22(2)34-36(30)4/h5-20H,1-4H3/p+2. The van der Waals surface area contributed by atoms with Gasteiger partial charge in [0.05, 0.1) is 22.8 Å². The van der Waals surface area contributed by atoms with Gasteiger partial charge in [-0.25, -0.2) is 0 Å². The Kier molecular flexibility index (Phi) is 6.15. The van der Waals surface area contributed by atoms with Crippen LogP contribution in [0.2, 0.25) is 0 Å². The molecule has 0 atom stereocenters. The smallest absolute Gasteiger partial charge is 0.211 e. The number of rotatable bonds is 5. The third-order valence-corrected chi connectivity index (χ3v) is 7.10. The Morgan fingerprint density at radius 3 is 1.25 bits per heavy atom. The van der Waals surface area contributed by atoms with Gasteiger partial charge in [-0.2, -0.15) is 19.3 Å². The third-order valence-electron chi connectivity index (χ3n) is 7.10. The van der Waals surface area contributed by atoms with Crippen molar-refractivity contribution in [3.05, 3.63) is 109 Å². The van der Waals surface area contributed by atoms with E-state index in [9.17, 15) is 10.2 Å². The zero-order valence-corrected chi connectivity index (χ0v) is 22.8. The number of pyridine rings is 2. The van der Waals surface area contributed by atoms with Crippen LogP contribution in [0.25, 0.3) is 45.0 Å². The van der Waals surface area contributed by atoms with Crippen LogP contribution in [-0.2, 0) is 14.1 Å². The average molecular weight is 531 g/mol. The van der Waals surface area contributed by atoms with Crippen LogP contribution in [0.1, 0.15) is 11.4 Å². The van der Waals surface area contributed by atoms with E-state index in [4.69, 9.17) is 0 Å². The van der Waals surface area contributed by atoms with Gasteiger partial charge in [0.15, 0.2) is 24.8 Å². The normalized spacial score (nSPS) is 11.2. The van der Waals surface area contributed by atoms with Crippen LogP contribution in [-0.4, -0.2) is 29.8 Å². The highest BCUT2D eigenvalue weighted by molar-refractivity contribution is 5.70. The zero-order chi connectivity index (χ0) is 28.0. The molecule has 4 aromatic heterocycles. The lowest BCUT2D eigenvalue weighted by Crippen LogP contribution is -2.29. The Bertz CT molecular complexity index is 1710. The summed E-state index contributed by atoms with van der Waals surface area (Å²) < 4.78 is 7.61. The van der Waals surface area contributed by atoms with Crippen LogP contribution in [0.15, 0.2) is 97.6 Å². The molecule has 2 N–H and O–H groups in total. The van der Waals surface area contributed by atoms with Crippen molar-refractivity contribution in [3.8, 4) is 56.5 Å². The fourth-order valence-electron chi connectivity index (χ4n) is 5.09. The molecule has 8 nitrogen and oxygen atoms in total. The highest BCUT2D eigenvalue weighted by Crippen LogP contribution is 2.31. The van der Waals surface area contributed by atoms with Crippen LogP contribution in [0, 0.1) is 13.8 Å². The predicted molar refractivity (Wildman–Crippen MR) is 152 cm³/mol. The van der Waals surface area contributed by atoms with E-state index in [0.717, 1.165) is 56.4 Å². The molecule has 0 amide bonds. The molecule has 0 unspecified atom stereocenters. The first-order valence-electron chi connectivity index (χ1n) is 13.0. The van der Waals surface area contributed by atoms with Crippen molar-refractivity contribution < 1.29 is 19.3 Å². The summed E-state index contributed by atoms with van der Waals surface area (Å²) in [6.45, 7) is 3.88. The SMILES string of the molecule is Cc1cc(-c2cc(-[n+]3ccc(-c4cc[n+](-c5ccc(O)c(-c6cc(C)nn6C)c5)cc4)cc3)ccc2O)n(C)n1. The zero-order valence-electron chi connectivity index (χ0n) is 22.8. The fraction of sp³-hybridized carbons (Fsp3) is 0.125. The van der Waals surface area contributed by atoms with Crippen LogP contribution >= 0.6 is 0 Å². The van der Waals surface area contributed by atoms with Gasteiger partial charge in [0, 0.05) is 73.8 Å². The van der Waals surface area contributed by atoms with Gasteiger partial charge >= 0.3 is 0 Å². The number of aromatic hydroxyl groups is 2. The molecule has 0 bridgehead atoms. The number of nitrogens with zero attached hydrogens (tertiary/aromatic N) is 6. The molecular weight excluding hydrogens is 500 g/mol. The molecule has 6 rings (SSSR count). The second-order valence-electron chi connectivity index (χ2n) is 9.98. The van der Waals surface area contributed by atoms with E-state index in [2.05, 4.69) is 34.5 Å². The summed E-state index contributed by atoms with van der Waals surface area (Å²) in [5, 5.41) is 29.8. The number of benzene rings is 2. The van der Waals surface area contributed by atoms with Gasteiger partial charge in [0.1, 0.15) is 11.5 Å². The molecule has 0 radical (unpaired) electrons. The molecule has 0 spiro atoms. The topological polar surface area (TPSA) is 83.9 Å². The van der Waals surface area contributed by atoms with E-state index in [1.807, 2.05) is 98.3 Å². The predicted octanol–water partition coefficient (Wildman–Crippen LogP) is 4.74. The van der Waals surface area contributed by atoms with Crippen LogP contribution in [0.3, 0.4) is 0 Å². The van der Waals surface area contributed by atoms with Crippen molar-refractivity contribution in [1.29, 1.82) is 0 Å². The molecule has 0 aliphatic heterocycles. The Balaban J connectivity index is 1.26. The first-order chi connectivity index (χ1) is 19.3. The first kappa shape index (κ1) is 25.1. The quantitative estimate of drug-likeness (QED) is 0.316. The van der Waals surface area contributed by atoms with Crippen LogP contribution < -0.4 is 9.13 Å². The van der Waals surface area contributed by atoms with E-state index in [1.54, 1.807) is 21.5 Å². The Labute approximate surface area is 232 Å². The van der Waals surface area contributed by atoms with Gasteiger partial charge in [-0.15, -0.1) is 0 Å². The van der Waals surface area contributed by atoms with Gasteiger partial charge in [0.2, 0.25) is 11.4 Å². The summed E-state index contributed by atoms with van der Waals surface area (Å²) in [6, 6.07) is 23.4. The van der Waals surface area contributed by atoms with E-state index < -0.39 is 0 Å². The largest absolute Gasteiger partial charge is 0.507 e. The molecule has 4 heterocycles. The number of phenols is 2. The van der Waals surface area contributed by atoms with Crippen molar-refractivity contribution in [2.45, 2.75) is 13.8 Å². The molecule has 0 fully saturated rings. The second-order valence-corrected chi connectivity index (χ2v) is 9.98. The van der Waals surface area contributed by atoms with Crippen molar-refractivity contribution >= 4 is 0 Å². The number of hydrogen-bond acceptors (Lipinski definition) is 4. The van der Waals surface area contributed by atoms with Gasteiger partial charge in [0.25, 0.3) is 0 Å². The van der Waals surface area contributed by atoms with Crippen molar-refractivity contribution in [3.63, 3.8) is 0 Å². The molecule has 198 valence electrons. The van der Waals surface area contributed by atoms with Crippen molar-refractivity contribution in [2.24, 2.45) is 14.1 Å². The molecule has 8 heteroatoms. The highest BCUT2D eigenvalue weighted by Gasteiger charge is 2.17. The van der Waals surface area contributed by atoms with E-state index in [1.165, 1.54) is 0 Å². The molecule has 2 aromatic carbocycles. The van der Waals surface area contributed by atoms with Gasteiger partial charge in [-0.3, -0.25) is 9.36 Å². The minimum atomic E-state index is 0.220. The molecule has 40 heavy (non-hydrogen) atoms. The number of phenolic OH excluding ortho intramolecular Hbond substituents is 2. The minimum Gasteiger partial charge on any atom is -0.507 e. The summed E-state index contributed by atoms with van der Waals surface area (Å²) in [5.41, 5.74) is 9.05. The summed E-state index contributed by atoms with van der Waals surface area (Å²) in [6.07, 6.45) is 8.07. The molecule has 0 aliphatic rings. The maximum Gasteiger partial charge on any atom is 0.211 e. The molecule has 0 saturated carbocycles. The van der Waals surface area contributed by atoms with Gasteiger partial charge < -0.3 is 10.2 Å². The van der Waals surface area contributed by atoms with Crippen molar-refractivity contribution in [2.75, 3.05) is 0 Å². The van der Waals surface area contributed by atoms with Crippen molar-refractivity contribution in [1.82, 2.24) is 19.6 Å².